The van der Waals surface area contributed by atoms with E-state index in [0.717, 1.165) is 35.7 Å². The molecule has 5 heteroatoms. The first-order valence-electron chi connectivity index (χ1n) is 6.07. The second-order valence-electron chi connectivity index (χ2n) is 3.97. The largest absolute Gasteiger partial charge is 0.383 e. The van der Waals surface area contributed by atoms with E-state index in [-0.39, 0.29) is 0 Å². The van der Waals surface area contributed by atoms with Crippen LogP contribution in [0.1, 0.15) is 17.4 Å². The highest BCUT2D eigenvalue weighted by Gasteiger charge is 2.12. The van der Waals surface area contributed by atoms with Crippen molar-refractivity contribution in [2.45, 2.75) is 19.9 Å². The highest BCUT2D eigenvalue weighted by molar-refractivity contribution is 7.15. The van der Waals surface area contributed by atoms with Gasteiger partial charge in [-0.15, -0.1) is 11.3 Å². The summed E-state index contributed by atoms with van der Waals surface area (Å²) in [6, 6.07) is 4.24. The average Bonchev–Trinajstić information content (AvgIpc) is 3.02. The van der Waals surface area contributed by atoms with Crippen molar-refractivity contribution in [3.05, 3.63) is 28.8 Å². The molecule has 2 aromatic rings. The fourth-order valence-electron chi connectivity index (χ4n) is 1.68. The molecule has 18 heavy (non-hydrogen) atoms. The molecule has 0 bridgehead atoms. The van der Waals surface area contributed by atoms with Crippen molar-refractivity contribution in [1.29, 1.82) is 0 Å². The normalized spacial score (nSPS) is 11.0. The lowest BCUT2D eigenvalue weighted by molar-refractivity contribution is 0.199. The smallest absolute Gasteiger partial charge is 0.181 e. The highest BCUT2D eigenvalue weighted by Crippen LogP contribution is 2.30. The molecule has 0 fully saturated rings. The summed E-state index contributed by atoms with van der Waals surface area (Å²) < 4.78 is 10.3. The van der Waals surface area contributed by atoms with Gasteiger partial charge in [0.05, 0.1) is 17.7 Å². The Morgan fingerprint density at radius 2 is 2.33 bits per heavy atom. The zero-order chi connectivity index (χ0) is 12.8. The summed E-state index contributed by atoms with van der Waals surface area (Å²) in [5.74, 6) is 0.879. The summed E-state index contributed by atoms with van der Waals surface area (Å²) in [7, 11) is 1.70. The second kappa shape index (κ2) is 6.68. The second-order valence-corrected chi connectivity index (χ2v) is 5.14. The van der Waals surface area contributed by atoms with E-state index in [4.69, 9.17) is 9.26 Å². The number of ether oxygens (including phenoxy) is 1. The molecule has 0 aromatic carbocycles. The van der Waals surface area contributed by atoms with Gasteiger partial charge >= 0.3 is 0 Å². The Labute approximate surface area is 111 Å². The van der Waals surface area contributed by atoms with Gasteiger partial charge in [0.25, 0.3) is 0 Å². The van der Waals surface area contributed by atoms with E-state index < -0.39 is 0 Å². The van der Waals surface area contributed by atoms with Gasteiger partial charge < -0.3 is 14.6 Å². The van der Waals surface area contributed by atoms with Crippen molar-refractivity contribution in [2.24, 2.45) is 0 Å². The van der Waals surface area contributed by atoms with Gasteiger partial charge in [-0.2, -0.15) is 0 Å². The molecule has 0 saturated heterocycles. The molecule has 0 unspecified atom stereocenters. The molecule has 0 saturated carbocycles. The Kier molecular flexibility index (Phi) is 4.92. The van der Waals surface area contributed by atoms with E-state index in [1.165, 1.54) is 4.88 Å². The van der Waals surface area contributed by atoms with Crippen molar-refractivity contribution < 1.29 is 9.26 Å². The molecule has 0 spiro atoms. The fraction of sp³-hybridized carbons (Fsp3) is 0.462. The van der Waals surface area contributed by atoms with Gasteiger partial charge in [0.1, 0.15) is 0 Å². The fourth-order valence-corrected chi connectivity index (χ4v) is 2.64. The van der Waals surface area contributed by atoms with Crippen molar-refractivity contribution in [2.75, 3.05) is 20.3 Å². The molecule has 2 rings (SSSR count). The number of methoxy groups -OCH3 is 1. The van der Waals surface area contributed by atoms with Gasteiger partial charge in [0.15, 0.2) is 5.76 Å². The number of thiophene rings is 1. The summed E-state index contributed by atoms with van der Waals surface area (Å²) in [6.07, 6.45) is 2.83. The van der Waals surface area contributed by atoms with Crippen molar-refractivity contribution >= 4 is 11.3 Å². The molecular weight excluding hydrogens is 248 g/mol. The number of aromatic nitrogens is 1. The van der Waals surface area contributed by atoms with Crippen molar-refractivity contribution in [1.82, 2.24) is 10.5 Å². The van der Waals surface area contributed by atoms with Crippen molar-refractivity contribution in [3.8, 4) is 10.6 Å². The van der Waals surface area contributed by atoms with Gasteiger partial charge in [-0.25, -0.2) is 0 Å². The van der Waals surface area contributed by atoms with Crippen LogP contribution in [0.2, 0.25) is 0 Å². The first-order chi connectivity index (χ1) is 8.85. The molecule has 0 aliphatic carbocycles. The lowest BCUT2D eigenvalue weighted by atomic mass is 10.2. The zero-order valence-corrected chi connectivity index (χ0v) is 11.5. The maximum absolute atomic E-state index is 5.35. The van der Waals surface area contributed by atoms with E-state index in [2.05, 4.69) is 29.5 Å². The minimum absolute atomic E-state index is 0.708. The third-order valence-electron chi connectivity index (χ3n) is 2.68. The topological polar surface area (TPSA) is 47.3 Å². The van der Waals surface area contributed by atoms with E-state index in [0.29, 0.717) is 6.61 Å². The number of aryl methyl sites for hydroxylation is 1. The van der Waals surface area contributed by atoms with Crippen LogP contribution in [-0.4, -0.2) is 25.4 Å². The molecule has 0 radical (unpaired) electrons. The molecule has 0 aliphatic heterocycles. The van der Waals surface area contributed by atoms with Crippen LogP contribution >= 0.6 is 11.3 Å². The lowest BCUT2D eigenvalue weighted by Gasteiger charge is -2.02. The first kappa shape index (κ1) is 13.3. The number of hydrogen-bond acceptors (Lipinski definition) is 5. The quantitative estimate of drug-likeness (QED) is 0.783. The molecule has 4 nitrogen and oxygen atoms in total. The van der Waals surface area contributed by atoms with Gasteiger partial charge in [0, 0.05) is 30.6 Å². The van der Waals surface area contributed by atoms with Gasteiger partial charge in [-0.1, -0.05) is 12.1 Å². The summed E-state index contributed by atoms with van der Waals surface area (Å²) in [6.45, 7) is 4.44. The molecule has 1 N–H and O–H groups in total. The van der Waals surface area contributed by atoms with E-state index in [9.17, 15) is 0 Å². The Balaban J connectivity index is 2.02. The summed E-state index contributed by atoms with van der Waals surface area (Å²) in [4.78, 5) is 2.51. The van der Waals surface area contributed by atoms with Crippen LogP contribution in [0, 0.1) is 0 Å². The minimum Gasteiger partial charge on any atom is -0.383 e. The van der Waals surface area contributed by atoms with E-state index >= 15 is 0 Å². The molecule has 2 aromatic heterocycles. The Morgan fingerprint density at radius 3 is 3.06 bits per heavy atom. The lowest BCUT2D eigenvalue weighted by Crippen LogP contribution is -2.18. The van der Waals surface area contributed by atoms with Crippen LogP contribution in [0.25, 0.3) is 10.6 Å². The van der Waals surface area contributed by atoms with E-state index in [1.807, 2.05) is 0 Å². The van der Waals surface area contributed by atoms with Gasteiger partial charge in [-0.3, -0.25) is 0 Å². The number of nitrogens with one attached hydrogen (secondary N) is 1. The first-order valence-corrected chi connectivity index (χ1v) is 6.89. The SMILES string of the molecule is CCc1ccc(-c2oncc2CNCCOC)s1. The van der Waals surface area contributed by atoms with E-state index in [1.54, 1.807) is 24.6 Å². The molecule has 2 heterocycles. The molecule has 0 amide bonds. The number of rotatable bonds is 7. The summed E-state index contributed by atoms with van der Waals surface area (Å²) in [5.41, 5.74) is 1.09. The minimum atomic E-state index is 0.708. The Hall–Kier alpha value is -1.17. The molecule has 98 valence electrons. The Morgan fingerprint density at radius 1 is 1.44 bits per heavy atom. The van der Waals surface area contributed by atoms with Crippen LogP contribution < -0.4 is 5.32 Å². The van der Waals surface area contributed by atoms with Crippen molar-refractivity contribution in [3.63, 3.8) is 0 Å². The van der Waals surface area contributed by atoms with Gasteiger partial charge in [0.2, 0.25) is 0 Å². The zero-order valence-electron chi connectivity index (χ0n) is 10.7. The standard InChI is InChI=1S/C13H18N2O2S/c1-3-11-4-5-12(18-11)13-10(9-15-17-13)8-14-6-7-16-2/h4-5,9,14H,3,6-8H2,1-2H3. The molecule has 0 atom stereocenters. The number of hydrogen-bond donors (Lipinski definition) is 1. The van der Waals surface area contributed by atoms with Crippen LogP contribution in [-0.2, 0) is 17.7 Å². The molecule has 0 aliphatic rings. The average molecular weight is 266 g/mol. The summed E-state index contributed by atoms with van der Waals surface area (Å²) in [5, 5.41) is 7.19. The highest BCUT2D eigenvalue weighted by atomic mass is 32.1. The maximum atomic E-state index is 5.35. The predicted molar refractivity (Wildman–Crippen MR) is 72.8 cm³/mol. The Bertz CT molecular complexity index is 479. The van der Waals surface area contributed by atoms with Crippen LogP contribution in [0.15, 0.2) is 22.9 Å². The van der Waals surface area contributed by atoms with Crippen LogP contribution in [0.3, 0.4) is 0 Å². The third kappa shape index (κ3) is 3.19. The maximum Gasteiger partial charge on any atom is 0.181 e. The van der Waals surface area contributed by atoms with Crippen LogP contribution in [0.4, 0.5) is 0 Å². The molecular formula is C13H18N2O2S. The van der Waals surface area contributed by atoms with Gasteiger partial charge in [-0.05, 0) is 18.6 Å². The summed E-state index contributed by atoms with van der Waals surface area (Å²) >= 11 is 1.76. The third-order valence-corrected chi connectivity index (χ3v) is 3.90. The van der Waals surface area contributed by atoms with Crippen LogP contribution in [0.5, 0.6) is 0 Å². The predicted octanol–water partition coefficient (Wildman–Crippen LogP) is 2.70. The number of nitrogens with zero attached hydrogens (tertiary/aromatic N) is 1. The monoisotopic (exact) mass is 266 g/mol.